The Morgan fingerprint density at radius 1 is 1.44 bits per heavy atom. The quantitative estimate of drug-likeness (QED) is 0.806. The first-order chi connectivity index (χ1) is 8.65. The third-order valence-corrected chi connectivity index (χ3v) is 2.87. The second-order valence-electron chi connectivity index (χ2n) is 4.70. The molecule has 0 aromatic carbocycles. The van der Waals surface area contributed by atoms with Gasteiger partial charge in [-0.1, -0.05) is 0 Å². The maximum atomic E-state index is 11.3. The van der Waals surface area contributed by atoms with Crippen LogP contribution >= 0.6 is 0 Å². The van der Waals surface area contributed by atoms with Gasteiger partial charge in [0.1, 0.15) is 18.0 Å². The second-order valence-corrected chi connectivity index (χ2v) is 4.70. The van der Waals surface area contributed by atoms with E-state index in [1.165, 1.54) is 6.33 Å². The second kappa shape index (κ2) is 5.77. The van der Waals surface area contributed by atoms with Gasteiger partial charge in [-0.25, -0.2) is 9.97 Å². The van der Waals surface area contributed by atoms with Gasteiger partial charge in [-0.15, -0.1) is 0 Å². The van der Waals surface area contributed by atoms with Crippen molar-refractivity contribution < 1.29 is 4.79 Å². The van der Waals surface area contributed by atoms with E-state index in [2.05, 4.69) is 20.2 Å². The fourth-order valence-corrected chi connectivity index (χ4v) is 1.85. The largest absolute Gasteiger partial charge is 0.369 e. The Labute approximate surface area is 107 Å². The van der Waals surface area contributed by atoms with Crippen LogP contribution < -0.4 is 10.2 Å². The third-order valence-electron chi connectivity index (χ3n) is 2.87. The number of nitrogens with zero attached hydrogens (tertiary/aromatic N) is 4. The molecule has 18 heavy (non-hydrogen) atoms. The summed E-state index contributed by atoms with van der Waals surface area (Å²) in [7, 11) is 4.06. The van der Waals surface area contributed by atoms with Crippen LogP contribution in [0.3, 0.4) is 0 Å². The normalized spacial score (nSPS) is 15.5. The molecule has 1 aliphatic rings. The first kappa shape index (κ1) is 12.8. The van der Waals surface area contributed by atoms with E-state index in [9.17, 15) is 4.79 Å². The van der Waals surface area contributed by atoms with Gasteiger partial charge in [-0.3, -0.25) is 4.79 Å². The highest BCUT2D eigenvalue weighted by atomic mass is 16.1. The highest BCUT2D eigenvalue weighted by molar-refractivity contribution is 5.86. The minimum Gasteiger partial charge on any atom is -0.369 e. The molecule has 0 saturated carbocycles. The zero-order valence-corrected chi connectivity index (χ0v) is 10.9. The van der Waals surface area contributed by atoms with Gasteiger partial charge in [0.15, 0.2) is 5.78 Å². The number of anilines is 2. The Balaban J connectivity index is 1.94. The Morgan fingerprint density at radius 3 is 2.94 bits per heavy atom. The molecule has 2 heterocycles. The van der Waals surface area contributed by atoms with Crippen LogP contribution in [0.2, 0.25) is 0 Å². The summed E-state index contributed by atoms with van der Waals surface area (Å²) in [5, 5.41) is 3.25. The summed E-state index contributed by atoms with van der Waals surface area (Å²) in [6, 6.07) is 1.90. The lowest BCUT2D eigenvalue weighted by Gasteiger charge is -2.16. The van der Waals surface area contributed by atoms with Crippen molar-refractivity contribution in [1.29, 1.82) is 0 Å². The molecule has 6 nitrogen and oxygen atoms in total. The number of nitrogens with one attached hydrogen (secondary N) is 1. The van der Waals surface area contributed by atoms with Gasteiger partial charge in [0, 0.05) is 32.1 Å². The standard InChI is InChI=1S/C12H19N5O/c1-16(2)6-4-13-11-7-12(15-9-14-11)17-5-3-10(18)8-17/h7,9H,3-6,8H2,1-2H3,(H,13,14,15). The van der Waals surface area contributed by atoms with Crippen LogP contribution in [0.25, 0.3) is 0 Å². The fourth-order valence-electron chi connectivity index (χ4n) is 1.85. The Kier molecular flexibility index (Phi) is 4.09. The molecule has 1 fully saturated rings. The fraction of sp³-hybridized carbons (Fsp3) is 0.583. The van der Waals surface area contributed by atoms with Crippen LogP contribution in [0.5, 0.6) is 0 Å². The summed E-state index contributed by atoms with van der Waals surface area (Å²) >= 11 is 0. The molecule has 0 amide bonds. The molecule has 1 saturated heterocycles. The molecule has 0 aliphatic carbocycles. The predicted molar refractivity (Wildman–Crippen MR) is 70.9 cm³/mol. The number of hydrogen-bond acceptors (Lipinski definition) is 6. The molecule has 1 aromatic heterocycles. The van der Waals surface area contributed by atoms with Crippen molar-refractivity contribution >= 4 is 17.4 Å². The summed E-state index contributed by atoms with van der Waals surface area (Å²) in [5.74, 6) is 1.90. The van der Waals surface area contributed by atoms with Crippen LogP contribution in [0.4, 0.5) is 11.6 Å². The topological polar surface area (TPSA) is 61.4 Å². The van der Waals surface area contributed by atoms with E-state index in [1.807, 2.05) is 25.1 Å². The van der Waals surface area contributed by atoms with Crippen molar-refractivity contribution in [2.75, 3.05) is 50.5 Å². The number of carbonyl (C=O) groups is 1. The molecule has 0 bridgehead atoms. The lowest BCUT2D eigenvalue weighted by atomic mass is 10.4. The average Bonchev–Trinajstić information content (AvgIpc) is 2.76. The van der Waals surface area contributed by atoms with Gasteiger partial charge in [0.05, 0.1) is 6.54 Å². The van der Waals surface area contributed by atoms with E-state index in [1.54, 1.807) is 0 Å². The van der Waals surface area contributed by atoms with Crippen LogP contribution in [0.1, 0.15) is 6.42 Å². The monoisotopic (exact) mass is 249 g/mol. The lowest BCUT2D eigenvalue weighted by molar-refractivity contribution is -0.116. The van der Waals surface area contributed by atoms with Crippen molar-refractivity contribution in [2.24, 2.45) is 0 Å². The summed E-state index contributed by atoms with van der Waals surface area (Å²) in [6.45, 7) is 3.01. The summed E-state index contributed by atoms with van der Waals surface area (Å²) in [5.41, 5.74) is 0. The zero-order chi connectivity index (χ0) is 13.0. The molecular formula is C12H19N5O. The van der Waals surface area contributed by atoms with Gasteiger partial charge in [0.25, 0.3) is 0 Å². The van der Waals surface area contributed by atoms with Gasteiger partial charge in [-0.05, 0) is 14.1 Å². The van der Waals surface area contributed by atoms with Crippen LogP contribution in [-0.4, -0.2) is 60.9 Å². The van der Waals surface area contributed by atoms with Gasteiger partial charge in [-0.2, -0.15) is 0 Å². The van der Waals surface area contributed by atoms with Crippen molar-refractivity contribution in [2.45, 2.75) is 6.42 Å². The molecule has 2 rings (SSSR count). The highest BCUT2D eigenvalue weighted by Crippen LogP contribution is 2.17. The predicted octanol–water partition coefficient (Wildman–Crippen LogP) is 0.229. The molecule has 0 spiro atoms. The molecule has 6 heteroatoms. The lowest BCUT2D eigenvalue weighted by Crippen LogP contribution is -2.22. The number of hydrogen-bond donors (Lipinski definition) is 1. The van der Waals surface area contributed by atoms with Crippen molar-refractivity contribution in [3.05, 3.63) is 12.4 Å². The molecule has 1 aliphatic heterocycles. The number of Topliss-reactive ketones (excluding diaryl/α,β-unsaturated/α-hetero) is 1. The van der Waals surface area contributed by atoms with E-state index >= 15 is 0 Å². The Hall–Kier alpha value is -1.69. The summed E-state index contributed by atoms with van der Waals surface area (Å²) in [4.78, 5) is 23.7. The molecule has 0 atom stereocenters. The zero-order valence-electron chi connectivity index (χ0n) is 10.9. The van der Waals surface area contributed by atoms with E-state index in [0.717, 1.165) is 31.3 Å². The van der Waals surface area contributed by atoms with E-state index in [0.29, 0.717) is 13.0 Å². The minimum absolute atomic E-state index is 0.274. The molecule has 1 N–H and O–H groups in total. The maximum Gasteiger partial charge on any atom is 0.153 e. The van der Waals surface area contributed by atoms with Crippen LogP contribution in [-0.2, 0) is 4.79 Å². The first-order valence-corrected chi connectivity index (χ1v) is 6.12. The third kappa shape index (κ3) is 3.40. The number of ketones is 1. The molecule has 0 radical (unpaired) electrons. The Morgan fingerprint density at radius 2 is 2.28 bits per heavy atom. The SMILES string of the molecule is CN(C)CCNc1cc(N2CCC(=O)C2)ncn1. The molecular weight excluding hydrogens is 230 g/mol. The van der Waals surface area contributed by atoms with E-state index in [4.69, 9.17) is 0 Å². The molecule has 98 valence electrons. The van der Waals surface area contributed by atoms with Crippen LogP contribution in [0, 0.1) is 0 Å². The summed E-state index contributed by atoms with van der Waals surface area (Å²) < 4.78 is 0. The first-order valence-electron chi connectivity index (χ1n) is 6.12. The smallest absolute Gasteiger partial charge is 0.153 e. The van der Waals surface area contributed by atoms with Crippen molar-refractivity contribution in [1.82, 2.24) is 14.9 Å². The van der Waals surface area contributed by atoms with Gasteiger partial charge < -0.3 is 15.1 Å². The van der Waals surface area contributed by atoms with Gasteiger partial charge in [0.2, 0.25) is 0 Å². The van der Waals surface area contributed by atoms with E-state index < -0.39 is 0 Å². The average molecular weight is 249 g/mol. The highest BCUT2D eigenvalue weighted by Gasteiger charge is 2.20. The minimum atomic E-state index is 0.274. The maximum absolute atomic E-state index is 11.3. The number of likely N-dealkylation sites (N-methyl/N-ethyl adjacent to an activating group) is 1. The number of aromatic nitrogens is 2. The van der Waals surface area contributed by atoms with Crippen molar-refractivity contribution in [3.63, 3.8) is 0 Å². The Bertz CT molecular complexity index is 421. The summed E-state index contributed by atoms with van der Waals surface area (Å²) in [6.07, 6.45) is 2.16. The number of rotatable bonds is 5. The van der Waals surface area contributed by atoms with Crippen LogP contribution in [0.15, 0.2) is 12.4 Å². The van der Waals surface area contributed by atoms with Crippen molar-refractivity contribution in [3.8, 4) is 0 Å². The number of carbonyl (C=O) groups excluding carboxylic acids is 1. The van der Waals surface area contributed by atoms with Gasteiger partial charge >= 0.3 is 0 Å². The van der Waals surface area contributed by atoms with E-state index in [-0.39, 0.29) is 5.78 Å². The molecule has 0 unspecified atom stereocenters. The molecule has 1 aromatic rings.